The van der Waals surface area contributed by atoms with Gasteiger partial charge in [0, 0.05) is 44.2 Å². The third-order valence-corrected chi connectivity index (χ3v) is 13.0. The minimum Gasteiger partial charge on any atom is -0.459 e. The predicted octanol–water partition coefficient (Wildman–Crippen LogP) is 9.87. The normalized spacial score (nSPS) is 21.9. The number of nitrogens with one attached hydrogen (secondary N) is 1. The van der Waals surface area contributed by atoms with Crippen molar-refractivity contribution in [2.24, 2.45) is 22.9 Å². The summed E-state index contributed by atoms with van der Waals surface area (Å²) in [7, 11) is 0. The summed E-state index contributed by atoms with van der Waals surface area (Å²) in [6, 6.07) is 34.0. The molecule has 3 N–H and O–H groups in total. The number of aliphatic hydroxyl groups is 2. The van der Waals surface area contributed by atoms with Crippen molar-refractivity contribution in [3.8, 4) is 11.5 Å². The SMILES string of the molecule is C=CCOC12Oc3ccc(OC(=O)NCc4ccccc4)cc3C3C(CCCCO)C(CCCCO)C=C(C(=NOCc4ccccc4)CC1N(CCC)C(=O)OCCOCc1ccccc1)C32. The van der Waals surface area contributed by atoms with Gasteiger partial charge < -0.3 is 44.1 Å². The highest BCUT2D eigenvalue weighted by molar-refractivity contribution is 6.03. The van der Waals surface area contributed by atoms with Crippen molar-refractivity contribution in [2.45, 2.75) is 95.8 Å². The first-order chi connectivity index (χ1) is 33.4. The number of rotatable bonds is 25. The van der Waals surface area contributed by atoms with E-state index < -0.39 is 29.9 Å². The minimum atomic E-state index is -1.48. The second-order valence-corrected chi connectivity index (χ2v) is 17.6. The molecule has 3 aliphatic rings. The molecule has 2 amide bonds. The summed E-state index contributed by atoms with van der Waals surface area (Å²) in [5, 5.41) is 27.8. The van der Waals surface area contributed by atoms with Gasteiger partial charge >= 0.3 is 12.2 Å². The number of hydrogen-bond acceptors (Lipinski definition) is 11. The molecule has 6 unspecified atom stereocenters. The van der Waals surface area contributed by atoms with E-state index in [2.05, 4.69) is 18.0 Å². The molecule has 68 heavy (non-hydrogen) atoms. The first-order valence-electron chi connectivity index (χ1n) is 24.2. The molecule has 13 nitrogen and oxygen atoms in total. The summed E-state index contributed by atoms with van der Waals surface area (Å²) in [4.78, 5) is 35.9. The Hall–Kier alpha value is -5.99. The third-order valence-electron chi connectivity index (χ3n) is 13.0. The molecular formula is C55H67N3O10. The zero-order chi connectivity index (χ0) is 47.6. The van der Waals surface area contributed by atoms with Crippen LogP contribution in [0.4, 0.5) is 9.59 Å². The number of amides is 2. The first-order valence-corrected chi connectivity index (χ1v) is 24.2. The Morgan fingerprint density at radius 3 is 2.22 bits per heavy atom. The molecule has 4 aromatic carbocycles. The van der Waals surface area contributed by atoms with Crippen molar-refractivity contribution in [1.29, 1.82) is 0 Å². The predicted molar refractivity (Wildman–Crippen MR) is 260 cm³/mol. The van der Waals surface area contributed by atoms with Gasteiger partial charge in [0.1, 0.15) is 30.8 Å². The molecule has 7 rings (SSSR count). The van der Waals surface area contributed by atoms with E-state index in [0.29, 0.717) is 56.2 Å². The fourth-order valence-corrected chi connectivity index (χ4v) is 10.0. The summed E-state index contributed by atoms with van der Waals surface area (Å²) in [5.41, 5.74) is 5.31. The second kappa shape index (κ2) is 25.4. The van der Waals surface area contributed by atoms with Crippen LogP contribution < -0.4 is 14.8 Å². The van der Waals surface area contributed by atoms with E-state index in [9.17, 15) is 19.8 Å². The van der Waals surface area contributed by atoms with Gasteiger partial charge in [0.25, 0.3) is 0 Å². The Balaban J connectivity index is 1.32. The number of carbonyl (C=O) groups is 2. The van der Waals surface area contributed by atoms with Gasteiger partial charge in [-0.15, -0.1) is 6.58 Å². The van der Waals surface area contributed by atoms with Crippen molar-refractivity contribution < 1.29 is 48.3 Å². The van der Waals surface area contributed by atoms with Crippen LogP contribution in [0.5, 0.6) is 11.5 Å². The second-order valence-electron chi connectivity index (χ2n) is 17.6. The van der Waals surface area contributed by atoms with Gasteiger partial charge in [-0.2, -0.15) is 0 Å². The maximum absolute atomic E-state index is 14.6. The highest BCUT2D eigenvalue weighted by Crippen LogP contribution is 2.62. The average molecular weight is 930 g/mol. The number of unbranched alkanes of at least 4 members (excludes halogenated alkanes) is 2. The van der Waals surface area contributed by atoms with E-state index in [1.165, 1.54) is 0 Å². The molecule has 0 radical (unpaired) electrons. The highest BCUT2D eigenvalue weighted by atomic mass is 16.7. The number of hydrogen-bond donors (Lipinski definition) is 3. The van der Waals surface area contributed by atoms with Crippen LogP contribution in [0.25, 0.3) is 0 Å². The molecule has 0 bridgehead atoms. The van der Waals surface area contributed by atoms with Gasteiger partial charge in [0.15, 0.2) is 0 Å². The summed E-state index contributed by atoms with van der Waals surface area (Å²) < 4.78 is 32.3. The summed E-state index contributed by atoms with van der Waals surface area (Å²) in [6.07, 6.45) is 8.03. The van der Waals surface area contributed by atoms with E-state index in [-0.39, 0.29) is 63.8 Å². The van der Waals surface area contributed by atoms with Crippen LogP contribution in [0.1, 0.15) is 86.5 Å². The largest absolute Gasteiger partial charge is 0.459 e. The molecule has 1 aliphatic heterocycles. The smallest absolute Gasteiger partial charge is 0.412 e. The lowest BCUT2D eigenvalue weighted by atomic mass is 9.55. The number of nitrogens with zero attached hydrogens (tertiary/aromatic N) is 2. The van der Waals surface area contributed by atoms with Gasteiger partial charge in [0.2, 0.25) is 5.79 Å². The summed E-state index contributed by atoms with van der Waals surface area (Å²) in [5.74, 6) is -1.47. The van der Waals surface area contributed by atoms with Crippen molar-refractivity contribution in [2.75, 3.05) is 39.6 Å². The number of fused-ring (bicyclic) bond motifs is 2. The van der Waals surface area contributed by atoms with Crippen LogP contribution >= 0.6 is 0 Å². The number of aliphatic hydroxyl groups excluding tert-OH is 2. The van der Waals surface area contributed by atoms with Gasteiger partial charge in [-0.3, -0.25) is 4.90 Å². The lowest BCUT2D eigenvalue weighted by Crippen LogP contribution is -2.70. The fourth-order valence-electron chi connectivity index (χ4n) is 10.0. The lowest BCUT2D eigenvalue weighted by molar-refractivity contribution is -0.255. The van der Waals surface area contributed by atoms with Crippen LogP contribution in [0.2, 0.25) is 0 Å². The molecule has 0 saturated heterocycles. The topological polar surface area (TPSA) is 158 Å². The molecular weight excluding hydrogens is 863 g/mol. The molecule has 0 spiro atoms. The summed E-state index contributed by atoms with van der Waals surface area (Å²) >= 11 is 0. The first kappa shape index (κ1) is 49.9. The maximum Gasteiger partial charge on any atom is 0.412 e. The third kappa shape index (κ3) is 12.6. The molecule has 1 fully saturated rings. The Kier molecular flexibility index (Phi) is 18.6. The number of ether oxygens (including phenoxy) is 5. The standard InChI is InChI=1S/C55H67N3O10/c1-3-28-58(54(62)64-33-32-63-38-41-20-10-6-11-21-41)50-36-48(57-66-39-42-22-12-7-13-23-42)46-34-43(24-14-16-29-59)45(25-15-17-30-60)51-47-35-44(67-53(61)56-37-40-18-8-5-9-19-40)26-27-49(47)68-55(50,52(46)51)65-31-4-2/h4-13,18-23,26-27,34-35,43,45,50-52,59-60H,2-3,14-17,24-25,28-33,36-39H2,1H3,(H,56,61). The van der Waals surface area contributed by atoms with Crippen LogP contribution in [-0.2, 0) is 38.8 Å². The Morgan fingerprint density at radius 2 is 1.54 bits per heavy atom. The molecule has 0 aromatic heterocycles. The monoisotopic (exact) mass is 929 g/mol. The van der Waals surface area contributed by atoms with E-state index in [1.807, 2.05) is 110 Å². The number of oxime groups is 1. The maximum atomic E-state index is 14.6. The minimum absolute atomic E-state index is 0.0155. The zero-order valence-corrected chi connectivity index (χ0v) is 39.2. The molecule has 1 heterocycles. The van der Waals surface area contributed by atoms with Crippen molar-refractivity contribution in [3.05, 3.63) is 156 Å². The Bertz CT molecular complexity index is 2280. The van der Waals surface area contributed by atoms with Gasteiger partial charge in [0.05, 0.1) is 31.5 Å². The van der Waals surface area contributed by atoms with Crippen LogP contribution in [0, 0.1) is 17.8 Å². The Labute approximate surface area is 400 Å². The molecule has 1 saturated carbocycles. The molecule has 362 valence electrons. The van der Waals surface area contributed by atoms with Gasteiger partial charge in [-0.1, -0.05) is 128 Å². The van der Waals surface area contributed by atoms with Gasteiger partial charge in [-0.05, 0) is 84.4 Å². The van der Waals surface area contributed by atoms with Crippen molar-refractivity contribution in [3.63, 3.8) is 0 Å². The van der Waals surface area contributed by atoms with Gasteiger partial charge in [-0.25, -0.2) is 9.59 Å². The van der Waals surface area contributed by atoms with Crippen LogP contribution in [-0.4, -0.2) is 84.4 Å². The van der Waals surface area contributed by atoms with Crippen molar-refractivity contribution >= 4 is 17.9 Å². The quantitative estimate of drug-likeness (QED) is 0.0332. The van der Waals surface area contributed by atoms with E-state index >= 15 is 0 Å². The average Bonchev–Trinajstić information content (AvgIpc) is 3.36. The lowest BCUT2D eigenvalue weighted by Gasteiger charge is -2.59. The van der Waals surface area contributed by atoms with E-state index in [1.54, 1.807) is 17.0 Å². The molecule has 6 atom stereocenters. The van der Waals surface area contributed by atoms with E-state index in [0.717, 1.165) is 53.5 Å². The zero-order valence-electron chi connectivity index (χ0n) is 39.2. The molecule has 4 aromatic rings. The van der Waals surface area contributed by atoms with E-state index in [4.69, 9.17) is 33.7 Å². The number of allylic oxidation sites excluding steroid dienone is 1. The highest BCUT2D eigenvalue weighted by Gasteiger charge is 2.65. The number of carbonyl (C=O) groups excluding carboxylic acids is 2. The van der Waals surface area contributed by atoms with Crippen molar-refractivity contribution in [1.82, 2.24) is 10.2 Å². The number of benzene rings is 4. The van der Waals surface area contributed by atoms with Crippen LogP contribution in [0.15, 0.2) is 139 Å². The fraction of sp³-hybridized carbons (Fsp3) is 0.436. The molecule has 13 heteroatoms. The molecule has 2 aliphatic carbocycles. The summed E-state index contributed by atoms with van der Waals surface area (Å²) in [6.45, 7) is 7.77. The Morgan fingerprint density at radius 1 is 0.868 bits per heavy atom. The van der Waals surface area contributed by atoms with Crippen LogP contribution in [0.3, 0.4) is 0 Å².